The first-order chi connectivity index (χ1) is 11.8. The van der Waals surface area contributed by atoms with E-state index >= 15 is 0 Å². The first-order valence-electron chi connectivity index (χ1n) is 8.29. The molecule has 7 heteroatoms. The summed E-state index contributed by atoms with van der Waals surface area (Å²) in [5.41, 5.74) is 14.4. The average Bonchev–Trinajstić information content (AvgIpc) is 2.56. The third kappa shape index (κ3) is 3.75. The monoisotopic (exact) mass is 358 g/mol. The normalized spacial score (nSPS) is 16.7. The predicted octanol–water partition coefficient (Wildman–Crippen LogP) is 2.75. The van der Waals surface area contributed by atoms with Gasteiger partial charge in [-0.25, -0.2) is 9.97 Å². The molecule has 5 N–H and O–H groups in total. The van der Waals surface area contributed by atoms with Crippen LogP contribution in [0.2, 0.25) is 5.02 Å². The van der Waals surface area contributed by atoms with Crippen molar-refractivity contribution in [1.82, 2.24) is 9.97 Å². The van der Waals surface area contributed by atoms with E-state index in [1.807, 2.05) is 13.0 Å². The number of piperidine rings is 1. The summed E-state index contributed by atoms with van der Waals surface area (Å²) in [5, 5.41) is 9.06. The molecule has 0 spiro atoms. The second-order valence-corrected chi connectivity index (χ2v) is 7.35. The van der Waals surface area contributed by atoms with Gasteiger partial charge in [0, 0.05) is 29.2 Å². The van der Waals surface area contributed by atoms with Crippen LogP contribution in [-0.2, 0) is 0 Å². The largest absolute Gasteiger partial charge is 0.382 e. The Kier molecular flexibility index (Phi) is 4.67. The number of nitrogens with one attached hydrogen (secondary N) is 1. The van der Waals surface area contributed by atoms with E-state index in [1.54, 1.807) is 18.3 Å². The van der Waals surface area contributed by atoms with Crippen LogP contribution in [0.5, 0.6) is 0 Å². The van der Waals surface area contributed by atoms with E-state index in [9.17, 15) is 0 Å². The lowest BCUT2D eigenvalue weighted by Crippen LogP contribution is -2.48. The summed E-state index contributed by atoms with van der Waals surface area (Å²) in [5.74, 6) is 0.994. The highest BCUT2D eigenvalue weighted by molar-refractivity contribution is 6.31. The van der Waals surface area contributed by atoms with Crippen LogP contribution >= 0.6 is 11.6 Å². The van der Waals surface area contributed by atoms with Gasteiger partial charge in [0.25, 0.3) is 0 Å². The molecule has 1 aromatic carbocycles. The molecule has 132 valence electrons. The van der Waals surface area contributed by atoms with Gasteiger partial charge in [-0.15, -0.1) is 0 Å². The fourth-order valence-corrected chi connectivity index (χ4v) is 3.04. The summed E-state index contributed by atoms with van der Waals surface area (Å²) in [6.45, 7) is 5.63. The van der Waals surface area contributed by atoms with E-state index in [1.165, 1.54) is 0 Å². The number of hydrogen-bond donors (Lipinski definition) is 3. The minimum atomic E-state index is -0.121. The molecule has 0 bridgehead atoms. The van der Waals surface area contributed by atoms with Gasteiger partial charge in [0.1, 0.15) is 11.5 Å². The van der Waals surface area contributed by atoms with Crippen molar-refractivity contribution in [1.29, 1.82) is 5.41 Å². The fraction of sp³-hybridized carbons (Fsp3) is 0.389. The molecule has 1 fully saturated rings. The lowest BCUT2D eigenvalue weighted by atomic mass is 9.91. The van der Waals surface area contributed by atoms with Gasteiger partial charge in [-0.3, -0.25) is 5.41 Å². The van der Waals surface area contributed by atoms with E-state index in [0.717, 1.165) is 37.3 Å². The minimum absolute atomic E-state index is 0.121. The van der Waals surface area contributed by atoms with Crippen LogP contribution in [0.15, 0.2) is 24.4 Å². The molecule has 6 nitrogen and oxygen atoms in total. The average molecular weight is 359 g/mol. The van der Waals surface area contributed by atoms with Crippen molar-refractivity contribution in [2.24, 2.45) is 5.73 Å². The van der Waals surface area contributed by atoms with E-state index < -0.39 is 0 Å². The smallest absolute Gasteiger partial charge is 0.154 e. The zero-order chi connectivity index (χ0) is 18.2. The maximum atomic E-state index is 8.39. The van der Waals surface area contributed by atoms with Crippen molar-refractivity contribution >= 4 is 28.9 Å². The van der Waals surface area contributed by atoms with E-state index in [0.29, 0.717) is 16.3 Å². The summed E-state index contributed by atoms with van der Waals surface area (Å²) in [6, 6.07) is 5.42. The molecule has 1 aliphatic rings. The zero-order valence-electron chi connectivity index (χ0n) is 14.5. The number of nitrogens with zero attached hydrogens (tertiary/aromatic N) is 3. The van der Waals surface area contributed by atoms with Gasteiger partial charge in [-0.2, -0.15) is 0 Å². The number of hydrogen-bond acceptors (Lipinski definition) is 6. The molecule has 2 aromatic rings. The number of benzene rings is 1. The van der Waals surface area contributed by atoms with Crippen LogP contribution in [0, 0.1) is 12.3 Å². The molecule has 1 saturated heterocycles. The molecule has 0 unspecified atom stereocenters. The van der Waals surface area contributed by atoms with Gasteiger partial charge in [0.15, 0.2) is 5.82 Å². The molecule has 0 amide bonds. The lowest BCUT2D eigenvalue weighted by molar-refractivity contribution is 0.363. The summed E-state index contributed by atoms with van der Waals surface area (Å²) in [6.07, 6.45) is 3.48. The first-order valence-corrected chi connectivity index (χ1v) is 8.66. The van der Waals surface area contributed by atoms with E-state index in [4.69, 9.17) is 28.5 Å². The van der Waals surface area contributed by atoms with Crippen LogP contribution in [0.4, 0.5) is 11.6 Å². The van der Waals surface area contributed by atoms with Gasteiger partial charge in [-0.05, 0) is 44.4 Å². The molecule has 0 radical (unpaired) electrons. The zero-order valence-corrected chi connectivity index (χ0v) is 15.3. The van der Waals surface area contributed by atoms with Crippen LogP contribution in [0.25, 0.3) is 0 Å². The number of aryl methyl sites for hydroxylation is 1. The second kappa shape index (κ2) is 6.61. The van der Waals surface area contributed by atoms with Gasteiger partial charge in [0.05, 0.1) is 11.9 Å². The minimum Gasteiger partial charge on any atom is -0.382 e. The third-order valence-corrected chi connectivity index (χ3v) is 5.12. The summed E-state index contributed by atoms with van der Waals surface area (Å²) < 4.78 is 0. The van der Waals surface area contributed by atoms with E-state index in [-0.39, 0.29) is 17.1 Å². The van der Waals surface area contributed by atoms with Crippen molar-refractivity contribution in [3.8, 4) is 0 Å². The van der Waals surface area contributed by atoms with Crippen molar-refractivity contribution in [2.75, 3.05) is 23.7 Å². The standard InChI is InChI=1S/C18H23ClN6/c1-11-9-12(3-4-13(11)19)15(20)16-17(21)24-14(10-23-16)25-7-5-18(2,22)6-8-25/h3-4,9-10,20H,5-8,22H2,1-2H3,(H2,21,24). The number of nitrogens with two attached hydrogens (primary N) is 2. The highest BCUT2D eigenvalue weighted by Gasteiger charge is 2.27. The van der Waals surface area contributed by atoms with Crippen LogP contribution in [0.1, 0.15) is 36.6 Å². The summed E-state index contributed by atoms with van der Waals surface area (Å²) in [7, 11) is 0. The number of aromatic nitrogens is 2. The van der Waals surface area contributed by atoms with Crippen LogP contribution in [-0.4, -0.2) is 34.3 Å². The Balaban J connectivity index is 1.82. The lowest BCUT2D eigenvalue weighted by Gasteiger charge is -2.37. The number of halogens is 1. The molecule has 0 saturated carbocycles. The molecule has 0 atom stereocenters. The Hall–Kier alpha value is -2.18. The fourth-order valence-electron chi connectivity index (χ4n) is 2.92. The Morgan fingerprint density at radius 3 is 2.60 bits per heavy atom. The Morgan fingerprint density at radius 1 is 1.32 bits per heavy atom. The summed E-state index contributed by atoms with van der Waals surface area (Å²) in [4.78, 5) is 11.0. The Bertz CT molecular complexity index is 807. The second-order valence-electron chi connectivity index (χ2n) is 6.94. The SMILES string of the molecule is Cc1cc(C(=N)c2ncc(N3CCC(C)(N)CC3)nc2N)ccc1Cl. The van der Waals surface area contributed by atoms with Crippen molar-refractivity contribution in [3.63, 3.8) is 0 Å². The van der Waals surface area contributed by atoms with Gasteiger partial charge in [-0.1, -0.05) is 17.7 Å². The van der Waals surface area contributed by atoms with Gasteiger partial charge < -0.3 is 16.4 Å². The maximum Gasteiger partial charge on any atom is 0.154 e. The number of anilines is 2. The predicted molar refractivity (Wildman–Crippen MR) is 103 cm³/mol. The van der Waals surface area contributed by atoms with Crippen LogP contribution < -0.4 is 16.4 Å². The topological polar surface area (TPSA) is 105 Å². The maximum absolute atomic E-state index is 8.39. The number of rotatable bonds is 3. The van der Waals surface area contributed by atoms with Gasteiger partial charge >= 0.3 is 0 Å². The van der Waals surface area contributed by atoms with Crippen LogP contribution in [0.3, 0.4) is 0 Å². The molecule has 1 aliphatic heterocycles. The first kappa shape index (κ1) is 17.6. The Labute approximate surface area is 152 Å². The quantitative estimate of drug-likeness (QED) is 0.731. The molecule has 0 aliphatic carbocycles. The van der Waals surface area contributed by atoms with Gasteiger partial charge in [0.2, 0.25) is 0 Å². The van der Waals surface area contributed by atoms with E-state index in [2.05, 4.69) is 21.8 Å². The van der Waals surface area contributed by atoms with Crippen molar-refractivity contribution < 1.29 is 0 Å². The molecular weight excluding hydrogens is 336 g/mol. The number of nitrogen functional groups attached to an aromatic ring is 1. The molecule has 1 aromatic heterocycles. The summed E-state index contributed by atoms with van der Waals surface area (Å²) >= 11 is 6.05. The molecular formula is C18H23ClN6. The highest BCUT2D eigenvalue weighted by atomic mass is 35.5. The van der Waals surface area contributed by atoms with Crippen molar-refractivity contribution in [2.45, 2.75) is 32.2 Å². The third-order valence-electron chi connectivity index (χ3n) is 4.70. The molecule has 25 heavy (non-hydrogen) atoms. The molecule has 3 rings (SSSR count). The van der Waals surface area contributed by atoms with Crippen molar-refractivity contribution in [3.05, 3.63) is 46.2 Å². The highest BCUT2D eigenvalue weighted by Crippen LogP contribution is 2.25. The molecule has 2 heterocycles. The Morgan fingerprint density at radius 2 is 2.00 bits per heavy atom.